The summed E-state index contributed by atoms with van der Waals surface area (Å²) in [5.74, 6) is 0.982. The maximum Gasteiger partial charge on any atom is 0.134 e. The van der Waals surface area contributed by atoms with Gasteiger partial charge >= 0.3 is 0 Å². The second-order valence-corrected chi connectivity index (χ2v) is 6.62. The highest BCUT2D eigenvalue weighted by molar-refractivity contribution is 7.16. The lowest BCUT2D eigenvalue weighted by Crippen LogP contribution is -2.20. The van der Waals surface area contributed by atoms with Gasteiger partial charge in [0.15, 0.2) is 0 Å². The summed E-state index contributed by atoms with van der Waals surface area (Å²) >= 11 is 7.57. The Morgan fingerprint density at radius 2 is 2.10 bits per heavy atom. The zero-order valence-electron chi connectivity index (χ0n) is 11.2. The van der Waals surface area contributed by atoms with Crippen LogP contribution in [0.2, 0.25) is 4.34 Å². The topological polar surface area (TPSA) is 25.2 Å². The lowest BCUT2D eigenvalue weighted by atomic mass is 10.2. The van der Waals surface area contributed by atoms with Crippen molar-refractivity contribution in [2.24, 2.45) is 0 Å². The van der Waals surface area contributed by atoms with Gasteiger partial charge in [0.25, 0.3) is 0 Å². The minimum atomic E-state index is 0.206. The number of halogens is 1. The molecule has 2 aromatic heterocycles. The van der Waals surface area contributed by atoms with Crippen LogP contribution in [0.5, 0.6) is 0 Å². The zero-order valence-corrected chi connectivity index (χ0v) is 12.8. The van der Waals surface area contributed by atoms with E-state index in [0.717, 1.165) is 34.0 Å². The Labute approximate surface area is 127 Å². The first kappa shape index (κ1) is 13.7. The molecular formula is C16H16ClNOS. The summed E-state index contributed by atoms with van der Waals surface area (Å²) in [6.45, 7) is 3.04. The Kier molecular flexibility index (Phi) is 4.10. The van der Waals surface area contributed by atoms with Crippen molar-refractivity contribution in [3.05, 3.63) is 57.4 Å². The van der Waals surface area contributed by atoms with Crippen molar-refractivity contribution in [2.75, 3.05) is 6.54 Å². The van der Waals surface area contributed by atoms with E-state index >= 15 is 0 Å². The first-order chi connectivity index (χ1) is 9.72. The number of nitrogens with one attached hydrogen (secondary N) is 1. The molecule has 0 aliphatic heterocycles. The van der Waals surface area contributed by atoms with Crippen molar-refractivity contribution in [3.63, 3.8) is 0 Å². The smallest absolute Gasteiger partial charge is 0.134 e. The van der Waals surface area contributed by atoms with Crippen molar-refractivity contribution < 1.29 is 4.42 Å². The van der Waals surface area contributed by atoms with E-state index in [9.17, 15) is 0 Å². The molecule has 104 valence electrons. The van der Waals surface area contributed by atoms with Crippen LogP contribution in [-0.4, -0.2) is 6.54 Å². The predicted octanol–water partition coefficient (Wildman–Crippen LogP) is 5.04. The molecule has 0 radical (unpaired) electrons. The van der Waals surface area contributed by atoms with Crippen LogP contribution in [0.4, 0.5) is 0 Å². The number of fused-ring (bicyclic) bond motifs is 1. The van der Waals surface area contributed by atoms with Gasteiger partial charge in [-0.25, -0.2) is 0 Å². The first-order valence-corrected chi connectivity index (χ1v) is 7.88. The molecule has 2 heterocycles. The summed E-state index contributed by atoms with van der Waals surface area (Å²) in [6, 6.07) is 14.4. The van der Waals surface area contributed by atoms with Gasteiger partial charge in [0.2, 0.25) is 0 Å². The molecule has 0 bridgehead atoms. The largest absolute Gasteiger partial charge is 0.459 e. The van der Waals surface area contributed by atoms with Gasteiger partial charge in [-0.05, 0) is 37.6 Å². The van der Waals surface area contributed by atoms with Crippen LogP contribution in [-0.2, 0) is 6.42 Å². The van der Waals surface area contributed by atoms with E-state index in [-0.39, 0.29) is 6.04 Å². The fourth-order valence-electron chi connectivity index (χ4n) is 2.21. The molecule has 0 saturated carbocycles. The van der Waals surface area contributed by atoms with Crippen LogP contribution in [0, 0.1) is 0 Å². The van der Waals surface area contributed by atoms with E-state index in [1.165, 1.54) is 4.88 Å². The molecule has 4 heteroatoms. The van der Waals surface area contributed by atoms with Crippen LogP contribution in [0.3, 0.4) is 0 Å². The van der Waals surface area contributed by atoms with E-state index < -0.39 is 0 Å². The fourth-order valence-corrected chi connectivity index (χ4v) is 3.30. The number of hydrogen-bond donors (Lipinski definition) is 1. The molecule has 0 saturated heterocycles. The van der Waals surface area contributed by atoms with E-state index in [0.29, 0.717) is 0 Å². The molecule has 0 amide bonds. The van der Waals surface area contributed by atoms with Crippen LogP contribution in [0.1, 0.15) is 23.6 Å². The Morgan fingerprint density at radius 3 is 2.85 bits per heavy atom. The van der Waals surface area contributed by atoms with Gasteiger partial charge < -0.3 is 9.73 Å². The number of benzene rings is 1. The Hall–Kier alpha value is -1.29. The van der Waals surface area contributed by atoms with Crippen LogP contribution in [0.15, 0.2) is 46.9 Å². The average molecular weight is 306 g/mol. The number of hydrogen-bond acceptors (Lipinski definition) is 3. The van der Waals surface area contributed by atoms with Gasteiger partial charge in [0, 0.05) is 16.8 Å². The summed E-state index contributed by atoms with van der Waals surface area (Å²) in [7, 11) is 0. The van der Waals surface area contributed by atoms with Gasteiger partial charge in [-0.15, -0.1) is 11.3 Å². The monoisotopic (exact) mass is 305 g/mol. The van der Waals surface area contributed by atoms with Gasteiger partial charge in [0.1, 0.15) is 11.3 Å². The first-order valence-electron chi connectivity index (χ1n) is 6.68. The lowest BCUT2D eigenvalue weighted by molar-refractivity contribution is 0.454. The van der Waals surface area contributed by atoms with Crippen molar-refractivity contribution in [1.29, 1.82) is 0 Å². The third-order valence-electron chi connectivity index (χ3n) is 3.32. The molecule has 1 aromatic carbocycles. The van der Waals surface area contributed by atoms with E-state index in [1.54, 1.807) is 11.3 Å². The van der Waals surface area contributed by atoms with Gasteiger partial charge in [-0.3, -0.25) is 0 Å². The summed E-state index contributed by atoms with van der Waals surface area (Å²) in [6.07, 6.45) is 0.988. The summed E-state index contributed by atoms with van der Waals surface area (Å²) in [4.78, 5) is 1.30. The third kappa shape index (κ3) is 3.06. The molecule has 1 N–H and O–H groups in total. The average Bonchev–Trinajstić information content (AvgIpc) is 3.04. The SMILES string of the molecule is CC(NCCc1ccc(Cl)s1)c1cc2ccccc2o1. The second kappa shape index (κ2) is 6.00. The number of para-hydroxylation sites is 1. The molecule has 20 heavy (non-hydrogen) atoms. The van der Waals surface area contributed by atoms with Crippen molar-refractivity contribution in [1.82, 2.24) is 5.32 Å². The van der Waals surface area contributed by atoms with Crippen molar-refractivity contribution >= 4 is 33.9 Å². The fraction of sp³-hybridized carbons (Fsp3) is 0.250. The second-order valence-electron chi connectivity index (χ2n) is 4.82. The highest BCUT2D eigenvalue weighted by Gasteiger charge is 2.10. The molecule has 3 aromatic rings. The van der Waals surface area contributed by atoms with Gasteiger partial charge in [-0.2, -0.15) is 0 Å². The van der Waals surface area contributed by atoms with E-state index in [2.05, 4.69) is 30.4 Å². The molecule has 0 spiro atoms. The number of rotatable bonds is 5. The van der Waals surface area contributed by atoms with Crippen molar-refractivity contribution in [3.8, 4) is 0 Å². The minimum absolute atomic E-state index is 0.206. The van der Waals surface area contributed by atoms with Crippen molar-refractivity contribution in [2.45, 2.75) is 19.4 Å². The Bertz CT molecular complexity index is 670. The quantitative estimate of drug-likeness (QED) is 0.714. The molecule has 0 aliphatic rings. The molecular weight excluding hydrogens is 290 g/mol. The predicted molar refractivity (Wildman–Crippen MR) is 85.7 cm³/mol. The van der Waals surface area contributed by atoms with Gasteiger partial charge in [0.05, 0.1) is 10.4 Å². The van der Waals surface area contributed by atoms with Crippen LogP contribution >= 0.6 is 22.9 Å². The third-order valence-corrected chi connectivity index (χ3v) is 4.61. The summed E-state index contributed by atoms with van der Waals surface area (Å²) < 4.78 is 6.71. The van der Waals surface area contributed by atoms with E-state index in [1.807, 2.05) is 24.3 Å². The lowest BCUT2D eigenvalue weighted by Gasteiger charge is -2.10. The Balaban J connectivity index is 1.59. The van der Waals surface area contributed by atoms with E-state index in [4.69, 9.17) is 16.0 Å². The molecule has 0 fully saturated rings. The maximum atomic E-state index is 5.93. The standard InChI is InChI=1S/C16H16ClNOS/c1-11(18-9-8-13-6-7-16(17)20-13)15-10-12-4-2-3-5-14(12)19-15/h2-7,10-11,18H,8-9H2,1H3. The minimum Gasteiger partial charge on any atom is -0.459 e. The molecule has 1 atom stereocenters. The zero-order chi connectivity index (χ0) is 13.9. The highest BCUT2D eigenvalue weighted by Crippen LogP contribution is 2.24. The molecule has 3 rings (SSSR count). The number of thiophene rings is 1. The molecule has 2 nitrogen and oxygen atoms in total. The normalized spacial score (nSPS) is 12.9. The highest BCUT2D eigenvalue weighted by atomic mass is 35.5. The summed E-state index contributed by atoms with van der Waals surface area (Å²) in [5.41, 5.74) is 0.946. The number of furan rings is 1. The molecule has 0 aliphatic carbocycles. The van der Waals surface area contributed by atoms with Crippen LogP contribution < -0.4 is 5.32 Å². The van der Waals surface area contributed by atoms with Crippen LogP contribution in [0.25, 0.3) is 11.0 Å². The van der Waals surface area contributed by atoms with Gasteiger partial charge in [-0.1, -0.05) is 29.8 Å². The maximum absolute atomic E-state index is 5.93. The Morgan fingerprint density at radius 1 is 1.25 bits per heavy atom. The summed E-state index contributed by atoms with van der Waals surface area (Å²) in [5, 5.41) is 4.64. The molecule has 1 unspecified atom stereocenters.